The van der Waals surface area contributed by atoms with Crippen LogP contribution in [0, 0.1) is 5.82 Å². The molecular weight excluding hydrogens is 409 g/mol. The molecule has 30 heavy (non-hydrogen) atoms. The third kappa shape index (κ3) is 4.80. The molecule has 3 aromatic rings. The monoisotopic (exact) mass is 429 g/mol. The number of rotatable bonds is 6. The van der Waals surface area contributed by atoms with Crippen molar-refractivity contribution in [2.24, 2.45) is 0 Å². The molecule has 0 saturated carbocycles. The van der Waals surface area contributed by atoms with Crippen molar-refractivity contribution in [3.63, 3.8) is 0 Å². The number of morpholine rings is 1. The molecule has 1 saturated heterocycles. The van der Waals surface area contributed by atoms with E-state index in [4.69, 9.17) is 20.8 Å². The van der Waals surface area contributed by atoms with Gasteiger partial charge >= 0.3 is 0 Å². The summed E-state index contributed by atoms with van der Waals surface area (Å²) in [5, 5.41) is 3.48. The van der Waals surface area contributed by atoms with E-state index in [1.54, 1.807) is 30.3 Å². The summed E-state index contributed by atoms with van der Waals surface area (Å²) in [5.41, 5.74) is 1.91. The second kappa shape index (κ2) is 9.28. The summed E-state index contributed by atoms with van der Waals surface area (Å²) in [6, 6.07) is 11.8. The predicted molar refractivity (Wildman–Crippen MR) is 113 cm³/mol. The number of hydrogen-bond donors (Lipinski definition) is 1. The maximum atomic E-state index is 13.9. The average Bonchev–Trinajstić information content (AvgIpc) is 3.22. The molecule has 1 N–H and O–H groups in total. The summed E-state index contributed by atoms with van der Waals surface area (Å²) in [4.78, 5) is 18.9. The summed E-state index contributed by atoms with van der Waals surface area (Å²) in [7, 11) is 0. The van der Waals surface area contributed by atoms with E-state index in [0.717, 1.165) is 18.8 Å². The highest BCUT2D eigenvalue weighted by atomic mass is 35.5. The first-order valence-corrected chi connectivity index (χ1v) is 10.1. The molecule has 1 aromatic heterocycles. The molecule has 1 fully saturated rings. The quantitative estimate of drug-likeness (QED) is 0.623. The van der Waals surface area contributed by atoms with E-state index in [9.17, 15) is 9.18 Å². The first-order valence-electron chi connectivity index (χ1n) is 9.72. The van der Waals surface area contributed by atoms with Crippen molar-refractivity contribution in [1.82, 2.24) is 4.98 Å². The molecule has 0 spiro atoms. The van der Waals surface area contributed by atoms with Gasteiger partial charge in [0, 0.05) is 31.0 Å². The molecule has 1 aliphatic rings. The van der Waals surface area contributed by atoms with Crippen molar-refractivity contribution in [1.29, 1.82) is 0 Å². The van der Waals surface area contributed by atoms with Gasteiger partial charge in [0.1, 0.15) is 5.82 Å². The third-order valence-corrected chi connectivity index (χ3v) is 5.08. The molecule has 156 valence electrons. The zero-order valence-electron chi connectivity index (χ0n) is 16.2. The number of oxazole rings is 1. The highest BCUT2D eigenvalue weighted by molar-refractivity contribution is 6.31. The van der Waals surface area contributed by atoms with E-state index in [2.05, 4.69) is 15.2 Å². The first kappa shape index (κ1) is 20.4. The van der Waals surface area contributed by atoms with Gasteiger partial charge in [-0.15, -0.1) is 0 Å². The van der Waals surface area contributed by atoms with Crippen LogP contribution < -0.4 is 10.2 Å². The zero-order valence-corrected chi connectivity index (χ0v) is 17.0. The molecule has 2 aromatic carbocycles. The maximum absolute atomic E-state index is 13.9. The molecule has 8 heteroatoms. The van der Waals surface area contributed by atoms with E-state index in [1.807, 2.05) is 6.07 Å². The Balaban J connectivity index is 1.40. The standard InChI is InChI=1S/C22H21ClFN3O3/c23-15-5-6-19(27-9-11-29-12-10-27)18(13-15)26-21(28)7-8-22-25-14-20(30-22)16-3-1-2-4-17(16)24/h1-6,13-14H,7-12H2,(H,26,28). The summed E-state index contributed by atoms with van der Waals surface area (Å²) in [6.45, 7) is 2.79. The van der Waals surface area contributed by atoms with Gasteiger partial charge in [0.2, 0.25) is 5.91 Å². The minimum absolute atomic E-state index is 0.173. The molecule has 6 nitrogen and oxygen atoms in total. The average molecular weight is 430 g/mol. The highest BCUT2D eigenvalue weighted by Crippen LogP contribution is 2.30. The van der Waals surface area contributed by atoms with Crippen LogP contribution in [-0.4, -0.2) is 37.2 Å². The molecule has 2 heterocycles. The van der Waals surface area contributed by atoms with Gasteiger partial charge in [-0.05, 0) is 30.3 Å². The Hall–Kier alpha value is -2.90. The van der Waals surface area contributed by atoms with Gasteiger partial charge in [-0.1, -0.05) is 23.7 Å². The lowest BCUT2D eigenvalue weighted by molar-refractivity contribution is -0.116. The Morgan fingerprint density at radius 1 is 1.20 bits per heavy atom. The zero-order chi connectivity index (χ0) is 20.9. The van der Waals surface area contributed by atoms with Crippen molar-refractivity contribution >= 4 is 28.9 Å². The lowest BCUT2D eigenvalue weighted by Crippen LogP contribution is -2.36. The highest BCUT2D eigenvalue weighted by Gasteiger charge is 2.17. The van der Waals surface area contributed by atoms with Crippen LogP contribution in [0.3, 0.4) is 0 Å². The lowest BCUT2D eigenvalue weighted by atomic mass is 10.2. The van der Waals surface area contributed by atoms with Crippen molar-refractivity contribution in [2.45, 2.75) is 12.8 Å². The number of aromatic nitrogens is 1. The Kier molecular flexibility index (Phi) is 6.30. The smallest absolute Gasteiger partial charge is 0.224 e. The number of nitrogens with zero attached hydrogens (tertiary/aromatic N) is 2. The van der Waals surface area contributed by atoms with Crippen LogP contribution in [0.2, 0.25) is 5.02 Å². The van der Waals surface area contributed by atoms with Crippen LogP contribution in [0.1, 0.15) is 12.3 Å². The van der Waals surface area contributed by atoms with Crippen LogP contribution in [0.5, 0.6) is 0 Å². The molecule has 0 bridgehead atoms. The van der Waals surface area contributed by atoms with Crippen LogP contribution >= 0.6 is 11.6 Å². The minimum atomic E-state index is -0.380. The van der Waals surface area contributed by atoms with E-state index >= 15 is 0 Å². The summed E-state index contributed by atoms with van der Waals surface area (Å²) < 4.78 is 24.9. The van der Waals surface area contributed by atoms with Crippen molar-refractivity contribution < 1.29 is 18.3 Å². The molecule has 0 radical (unpaired) electrons. The second-order valence-corrected chi connectivity index (χ2v) is 7.34. The number of amides is 1. The maximum Gasteiger partial charge on any atom is 0.224 e. The van der Waals surface area contributed by atoms with Gasteiger partial charge in [0.25, 0.3) is 0 Å². The molecule has 0 aliphatic carbocycles. The second-order valence-electron chi connectivity index (χ2n) is 6.91. The van der Waals surface area contributed by atoms with Crippen molar-refractivity contribution in [2.75, 3.05) is 36.5 Å². The van der Waals surface area contributed by atoms with E-state index < -0.39 is 0 Å². The van der Waals surface area contributed by atoms with Crippen molar-refractivity contribution in [3.05, 3.63) is 65.4 Å². The molecular formula is C22H21ClFN3O3. The fourth-order valence-electron chi connectivity index (χ4n) is 3.33. The number of nitrogens with one attached hydrogen (secondary N) is 1. The Labute approximate surface area is 178 Å². The summed E-state index contributed by atoms with van der Waals surface area (Å²) >= 11 is 6.14. The van der Waals surface area contributed by atoms with E-state index in [0.29, 0.717) is 47.6 Å². The fraction of sp³-hybridized carbons (Fsp3) is 0.273. The van der Waals surface area contributed by atoms with E-state index in [1.165, 1.54) is 12.3 Å². The van der Waals surface area contributed by atoms with Gasteiger partial charge in [-0.3, -0.25) is 4.79 Å². The number of aryl methyl sites for hydroxylation is 1. The number of ether oxygens (including phenoxy) is 1. The largest absolute Gasteiger partial charge is 0.441 e. The third-order valence-electron chi connectivity index (χ3n) is 4.84. The normalized spacial score (nSPS) is 14.0. The van der Waals surface area contributed by atoms with Crippen LogP contribution in [0.4, 0.5) is 15.8 Å². The summed E-state index contributed by atoms with van der Waals surface area (Å²) in [6.07, 6.45) is 1.94. The molecule has 1 aliphatic heterocycles. The number of halogens is 2. The van der Waals surface area contributed by atoms with Crippen LogP contribution in [0.25, 0.3) is 11.3 Å². The Morgan fingerprint density at radius 2 is 2.00 bits per heavy atom. The van der Waals surface area contributed by atoms with Gasteiger partial charge in [-0.25, -0.2) is 9.37 Å². The Morgan fingerprint density at radius 3 is 2.80 bits per heavy atom. The first-order chi connectivity index (χ1) is 14.6. The topological polar surface area (TPSA) is 67.6 Å². The van der Waals surface area contributed by atoms with E-state index in [-0.39, 0.29) is 18.1 Å². The number of hydrogen-bond acceptors (Lipinski definition) is 5. The lowest BCUT2D eigenvalue weighted by Gasteiger charge is -2.30. The molecule has 0 atom stereocenters. The Bertz CT molecular complexity index is 1030. The van der Waals surface area contributed by atoms with Gasteiger partial charge < -0.3 is 19.4 Å². The number of carbonyl (C=O) groups is 1. The SMILES string of the molecule is O=C(CCc1ncc(-c2ccccc2F)o1)Nc1cc(Cl)ccc1N1CCOCC1. The number of benzene rings is 2. The van der Waals surface area contributed by atoms with Gasteiger partial charge in [-0.2, -0.15) is 0 Å². The van der Waals surface area contributed by atoms with Crippen LogP contribution in [0.15, 0.2) is 53.1 Å². The fourth-order valence-corrected chi connectivity index (χ4v) is 3.51. The van der Waals surface area contributed by atoms with Gasteiger partial charge in [0.15, 0.2) is 11.7 Å². The molecule has 4 rings (SSSR count). The van der Waals surface area contributed by atoms with Crippen molar-refractivity contribution in [3.8, 4) is 11.3 Å². The number of carbonyl (C=O) groups excluding carboxylic acids is 1. The number of anilines is 2. The summed E-state index contributed by atoms with van der Waals surface area (Å²) in [5.74, 6) is 0.155. The molecule has 0 unspecified atom stereocenters. The molecule has 1 amide bonds. The van der Waals surface area contributed by atoms with Crippen LogP contribution in [-0.2, 0) is 16.0 Å². The van der Waals surface area contributed by atoms with Gasteiger partial charge in [0.05, 0.1) is 36.3 Å². The predicted octanol–water partition coefficient (Wildman–Crippen LogP) is 4.54. The minimum Gasteiger partial charge on any atom is -0.441 e.